The van der Waals surface area contributed by atoms with Gasteiger partial charge in [0, 0.05) is 32.2 Å². The van der Waals surface area contributed by atoms with E-state index < -0.39 is 0 Å². The van der Waals surface area contributed by atoms with Gasteiger partial charge in [-0.3, -0.25) is 9.59 Å². The Morgan fingerprint density at radius 1 is 1.39 bits per heavy atom. The van der Waals surface area contributed by atoms with E-state index in [0.29, 0.717) is 30.5 Å². The molecule has 124 valence electrons. The molecule has 1 unspecified atom stereocenters. The highest BCUT2D eigenvalue weighted by atomic mass is 16.5. The molecule has 0 N–H and O–H groups in total. The van der Waals surface area contributed by atoms with Gasteiger partial charge in [-0.25, -0.2) is 0 Å². The topological polar surface area (TPSA) is 66.7 Å². The molecule has 2 aliphatic heterocycles. The van der Waals surface area contributed by atoms with Crippen LogP contribution in [0.2, 0.25) is 0 Å². The van der Waals surface area contributed by atoms with Crippen LogP contribution < -0.4 is 0 Å². The lowest BCUT2D eigenvalue weighted by molar-refractivity contribution is -0.145. The second-order valence-corrected chi connectivity index (χ2v) is 7.38. The lowest BCUT2D eigenvalue weighted by atomic mass is 9.78. The SMILES string of the molecule is Cc1cc(C(=O)N2CCC3(CCCN(CC4CC4)C3=O)C2)no1. The molecule has 23 heavy (non-hydrogen) atoms. The summed E-state index contributed by atoms with van der Waals surface area (Å²) in [5.74, 6) is 1.49. The van der Waals surface area contributed by atoms with E-state index in [2.05, 4.69) is 10.1 Å². The molecule has 6 nitrogen and oxygen atoms in total. The summed E-state index contributed by atoms with van der Waals surface area (Å²) < 4.78 is 5.00. The highest BCUT2D eigenvalue weighted by Gasteiger charge is 2.50. The van der Waals surface area contributed by atoms with E-state index >= 15 is 0 Å². The van der Waals surface area contributed by atoms with Gasteiger partial charge in [0.25, 0.3) is 5.91 Å². The van der Waals surface area contributed by atoms with E-state index in [9.17, 15) is 9.59 Å². The molecule has 3 heterocycles. The summed E-state index contributed by atoms with van der Waals surface area (Å²) in [7, 11) is 0. The van der Waals surface area contributed by atoms with E-state index in [0.717, 1.165) is 32.4 Å². The quantitative estimate of drug-likeness (QED) is 0.853. The summed E-state index contributed by atoms with van der Waals surface area (Å²) in [5, 5.41) is 3.81. The van der Waals surface area contributed by atoms with Crippen LogP contribution in [0.5, 0.6) is 0 Å². The Hall–Kier alpha value is -1.85. The summed E-state index contributed by atoms with van der Waals surface area (Å²) in [6.07, 6.45) is 5.23. The number of rotatable bonds is 3. The van der Waals surface area contributed by atoms with Gasteiger partial charge in [-0.05, 0) is 44.9 Å². The second kappa shape index (κ2) is 5.35. The number of hydrogen-bond acceptors (Lipinski definition) is 4. The fourth-order valence-electron chi connectivity index (χ4n) is 3.99. The molecule has 1 aromatic heterocycles. The Kier molecular flexibility index (Phi) is 3.43. The largest absolute Gasteiger partial charge is 0.361 e. The zero-order chi connectivity index (χ0) is 16.0. The number of carbonyl (C=O) groups excluding carboxylic acids is 2. The fourth-order valence-corrected chi connectivity index (χ4v) is 3.99. The van der Waals surface area contributed by atoms with E-state index in [1.807, 2.05) is 0 Å². The van der Waals surface area contributed by atoms with Crippen molar-refractivity contribution in [2.45, 2.75) is 39.0 Å². The van der Waals surface area contributed by atoms with Gasteiger partial charge in [0.05, 0.1) is 5.41 Å². The molecule has 4 rings (SSSR count). The Morgan fingerprint density at radius 2 is 2.22 bits per heavy atom. The third kappa shape index (κ3) is 2.64. The predicted molar refractivity (Wildman–Crippen MR) is 82.7 cm³/mol. The number of hydrogen-bond donors (Lipinski definition) is 0. The van der Waals surface area contributed by atoms with Crippen LogP contribution >= 0.6 is 0 Å². The molecular formula is C17H23N3O3. The molecule has 2 saturated heterocycles. The van der Waals surface area contributed by atoms with Gasteiger partial charge in [0.15, 0.2) is 5.69 Å². The highest BCUT2D eigenvalue weighted by Crippen LogP contribution is 2.42. The van der Waals surface area contributed by atoms with Crippen molar-refractivity contribution >= 4 is 11.8 Å². The number of aryl methyl sites for hydroxylation is 1. The Balaban J connectivity index is 1.47. The van der Waals surface area contributed by atoms with E-state index in [-0.39, 0.29) is 17.2 Å². The van der Waals surface area contributed by atoms with Crippen molar-refractivity contribution in [3.05, 3.63) is 17.5 Å². The molecule has 1 aromatic rings. The molecule has 1 saturated carbocycles. The smallest absolute Gasteiger partial charge is 0.276 e. The van der Waals surface area contributed by atoms with Crippen molar-refractivity contribution in [2.75, 3.05) is 26.2 Å². The van der Waals surface area contributed by atoms with Gasteiger partial charge >= 0.3 is 0 Å². The van der Waals surface area contributed by atoms with Crippen molar-refractivity contribution < 1.29 is 14.1 Å². The third-order valence-corrected chi connectivity index (χ3v) is 5.49. The van der Waals surface area contributed by atoms with Crippen LogP contribution in [0.1, 0.15) is 48.4 Å². The minimum atomic E-state index is -0.360. The lowest BCUT2D eigenvalue weighted by Gasteiger charge is -2.39. The number of carbonyl (C=O) groups is 2. The van der Waals surface area contributed by atoms with Crippen molar-refractivity contribution in [1.29, 1.82) is 0 Å². The first-order valence-corrected chi connectivity index (χ1v) is 8.59. The summed E-state index contributed by atoms with van der Waals surface area (Å²) in [5.41, 5.74) is -0.0145. The number of likely N-dealkylation sites (tertiary alicyclic amines) is 2. The van der Waals surface area contributed by atoms with E-state index in [1.54, 1.807) is 17.9 Å². The van der Waals surface area contributed by atoms with Gasteiger partial charge in [0.2, 0.25) is 5.91 Å². The van der Waals surface area contributed by atoms with Crippen LogP contribution in [0.4, 0.5) is 0 Å². The van der Waals surface area contributed by atoms with Crippen molar-refractivity contribution in [2.24, 2.45) is 11.3 Å². The van der Waals surface area contributed by atoms with Crippen molar-refractivity contribution in [1.82, 2.24) is 15.0 Å². The molecule has 0 aromatic carbocycles. The summed E-state index contributed by atoms with van der Waals surface area (Å²) in [4.78, 5) is 29.3. The van der Waals surface area contributed by atoms with Gasteiger partial charge in [-0.2, -0.15) is 0 Å². The molecule has 1 atom stereocenters. The standard InChI is InChI=1S/C17H23N3O3/c1-12-9-14(18-23-12)15(21)20-8-6-17(11-20)5-2-7-19(16(17)22)10-13-3-4-13/h9,13H,2-8,10-11H2,1H3. The molecule has 3 aliphatic rings. The van der Waals surface area contributed by atoms with Crippen molar-refractivity contribution in [3.8, 4) is 0 Å². The molecule has 2 amide bonds. The monoisotopic (exact) mass is 317 g/mol. The van der Waals surface area contributed by atoms with Crippen LogP contribution in [-0.4, -0.2) is 52.9 Å². The molecule has 1 spiro atoms. The Bertz CT molecular complexity index is 637. The van der Waals surface area contributed by atoms with Gasteiger partial charge < -0.3 is 14.3 Å². The molecule has 0 bridgehead atoms. The summed E-state index contributed by atoms with van der Waals surface area (Å²) in [6, 6.07) is 1.66. The number of nitrogens with zero attached hydrogens (tertiary/aromatic N) is 3. The zero-order valence-electron chi connectivity index (χ0n) is 13.6. The maximum absolute atomic E-state index is 13.0. The number of amides is 2. The highest BCUT2D eigenvalue weighted by molar-refractivity contribution is 5.93. The van der Waals surface area contributed by atoms with Gasteiger partial charge in [-0.1, -0.05) is 5.16 Å². The van der Waals surface area contributed by atoms with Crippen LogP contribution in [-0.2, 0) is 4.79 Å². The summed E-state index contributed by atoms with van der Waals surface area (Å²) in [6.45, 7) is 4.73. The Labute approximate surface area is 135 Å². The van der Waals surface area contributed by atoms with Crippen LogP contribution in [0, 0.1) is 18.3 Å². The van der Waals surface area contributed by atoms with Crippen LogP contribution in [0.15, 0.2) is 10.6 Å². The second-order valence-electron chi connectivity index (χ2n) is 7.38. The van der Waals surface area contributed by atoms with E-state index in [4.69, 9.17) is 4.52 Å². The third-order valence-electron chi connectivity index (χ3n) is 5.49. The number of aromatic nitrogens is 1. The molecule has 0 radical (unpaired) electrons. The molecule has 6 heteroatoms. The first kappa shape index (κ1) is 14.7. The maximum Gasteiger partial charge on any atom is 0.276 e. The zero-order valence-corrected chi connectivity index (χ0v) is 13.6. The van der Waals surface area contributed by atoms with Crippen molar-refractivity contribution in [3.63, 3.8) is 0 Å². The predicted octanol–water partition coefficient (Wildman–Crippen LogP) is 1.85. The minimum absolute atomic E-state index is 0.120. The van der Waals surface area contributed by atoms with Gasteiger partial charge in [0.1, 0.15) is 5.76 Å². The normalized spacial score (nSPS) is 28.0. The average Bonchev–Trinajstić information content (AvgIpc) is 3.08. The van der Waals surface area contributed by atoms with Crippen LogP contribution in [0.3, 0.4) is 0 Å². The summed E-state index contributed by atoms with van der Waals surface area (Å²) >= 11 is 0. The first-order chi connectivity index (χ1) is 11.1. The maximum atomic E-state index is 13.0. The first-order valence-electron chi connectivity index (χ1n) is 8.59. The van der Waals surface area contributed by atoms with Crippen LogP contribution in [0.25, 0.3) is 0 Å². The van der Waals surface area contributed by atoms with E-state index in [1.165, 1.54) is 12.8 Å². The Morgan fingerprint density at radius 3 is 2.91 bits per heavy atom. The van der Waals surface area contributed by atoms with Gasteiger partial charge in [-0.15, -0.1) is 0 Å². The average molecular weight is 317 g/mol. The molecule has 3 fully saturated rings. The lowest BCUT2D eigenvalue weighted by Crippen LogP contribution is -2.51. The molecular weight excluding hydrogens is 294 g/mol. The minimum Gasteiger partial charge on any atom is -0.361 e. The number of piperidine rings is 1. The fraction of sp³-hybridized carbons (Fsp3) is 0.706. The molecule has 1 aliphatic carbocycles.